The number of carbonyl (C=O) groups excluding carboxylic acids is 2. The van der Waals surface area contributed by atoms with Crippen molar-refractivity contribution in [3.8, 4) is 0 Å². The average Bonchev–Trinajstić information content (AvgIpc) is 3.17. The first kappa shape index (κ1) is 53.2. The molecule has 9 nitrogen and oxygen atoms in total. The number of hydrogen-bond donors (Lipinski definition) is 2. The molecule has 0 aromatic rings. The van der Waals surface area contributed by atoms with Crippen molar-refractivity contribution in [1.29, 1.82) is 0 Å². The Labute approximate surface area is 337 Å². The van der Waals surface area contributed by atoms with Crippen LogP contribution in [-0.4, -0.2) is 49.3 Å². The van der Waals surface area contributed by atoms with Crippen LogP contribution in [0.15, 0.2) is 36.5 Å². The summed E-state index contributed by atoms with van der Waals surface area (Å²) in [5.41, 5.74) is 5.34. The van der Waals surface area contributed by atoms with Crippen LogP contribution in [-0.2, 0) is 32.7 Å². The smallest absolute Gasteiger partial charge is 0.462 e. The van der Waals surface area contributed by atoms with Crippen molar-refractivity contribution in [2.24, 2.45) is 5.73 Å². The summed E-state index contributed by atoms with van der Waals surface area (Å²) in [6, 6.07) is 0. The maximum atomic E-state index is 12.5. The zero-order chi connectivity index (χ0) is 40.3. The topological polar surface area (TPSA) is 134 Å². The number of phosphoric acid groups is 1. The van der Waals surface area contributed by atoms with Crippen molar-refractivity contribution in [3.63, 3.8) is 0 Å². The lowest BCUT2D eigenvalue weighted by atomic mass is 10.0. The van der Waals surface area contributed by atoms with E-state index in [1.165, 1.54) is 116 Å². The number of allylic oxidation sites excluding steroid dienone is 6. The van der Waals surface area contributed by atoms with Gasteiger partial charge in [0.15, 0.2) is 6.10 Å². The lowest BCUT2D eigenvalue weighted by Gasteiger charge is -2.19. The van der Waals surface area contributed by atoms with E-state index in [1.807, 2.05) is 0 Å². The van der Waals surface area contributed by atoms with E-state index in [1.54, 1.807) is 0 Å². The van der Waals surface area contributed by atoms with Gasteiger partial charge in [0.2, 0.25) is 0 Å². The van der Waals surface area contributed by atoms with Gasteiger partial charge < -0.3 is 20.1 Å². The van der Waals surface area contributed by atoms with Gasteiger partial charge in [-0.15, -0.1) is 0 Å². The molecule has 0 saturated heterocycles. The summed E-state index contributed by atoms with van der Waals surface area (Å²) in [5.74, 6) is -0.857. The molecule has 0 spiro atoms. The minimum absolute atomic E-state index is 0.0489. The summed E-state index contributed by atoms with van der Waals surface area (Å²) in [6.07, 6.45) is 46.2. The van der Waals surface area contributed by atoms with E-state index in [2.05, 4.69) is 50.3 Å². The fourth-order valence-electron chi connectivity index (χ4n) is 6.24. The number of carbonyl (C=O) groups is 2. The van der Waals surface area contributed by atoms with Crippen molar-refractivity contribution in [2.45, 2.75) is 213 Å². The largest absolute Gasteiger partial charge is 0.472 e. The Bertz CT molecular complexity index is 1000. The lowest BCUT2D eigenvalue weighted by molar-refractivity contribution is -0.161. The van der Waals surface area contributed by atoms with Gasteiger partial charge in [-0.1, -0.05) is 185 Å². The molecule has 10 heteroatoms. The van der Waals surface area contributed by atoms with Crippen molar-refractivity contribution in [2.75, 3.05) is 26.4 Å². The van der Waals surface area contributed by atoms with Crippen LogP contribution in [0, 0.1) is 0 Å². The molecule has 0 aliphatic heterocycles. The molecule has 0 aliphatic carbocycles. The Morgan fingerprint density at radius 1 is 0.564 bits per heavy atom. The van der Waals surface area contributed by atoms with Gasteiger partial charge in [-0.3, -0.25) is 18.6 Å². The van der Waals surface area contributed by atoms with E-state index < -0.39 is 26.5 Å². The summed E-state index contributed by atoms with van der Waals surface area (Å²) in [7, 11) is -4.38. The molecule has 0 fully saturated rings. The molecule has 0 saturated carbocycles. The van der Waals surface area contributed by atoms with Gasteiger partial charge in [0, 0.05) is 19.4 Å². The van der Waals surface area contributed by atoms with E-state index in [0.717, 1.165) is 57.8 Å². The van der Waals surface area contributed by atoms with Crippen molar-refractivity contribution < 1.29 is 37.6 Å². The molecule has 0 radical (unpaired) electrons. The summed E-state index contributed by atoms with van der Waals surface area (Å²) in [6.45, 7) is 3.60. The second-order valence-corrected chi connectivity index (χ2v) is 16.3. The van der Waals surface area contributed by atoms with E-state index in [9.17, 15) is 19.0 Å². The van der Waals surface area contributed by atoms with Gasteiger partial charge in [-0.05, 0) is 44.9 Å². The zero-order valence-electron chi connectivity index (χ0n) is 35.4. The summed E-state index contributed by atoms with van der Waals surface area (Å²) in [5, 5.41) is 0. The van der Waals surface area contributed by atoms with Gasteiger partial charge in [-0.2, -0.15) is 0 Å². The molecule has 0 bridgehead atoms. The average molecular weight is 798 g/mol. The quantitative estimate of drug-likeness (QED) is 0.0268. The summed E-state index contributed by atoms with van der Waals surface area (Å²) < 4.78 is 32.7. The molecule has 0 aliphatic rings. The number of nitrogens with two attached hydrogens (primary N) is 1. The minimum atomic E-state index is -4.38. The third-order valence-corrected chi connectivity index (χ3v) is 10.5. The second kappa shape index (κ2) is 41.9. The molecule has 55 heavy (non-hydrogen) atoms. The predicted molar refractivity (Wildman–Crippen MR) is 229 cm³/mol. The number of hydrogen-bond acceptors (Lipinski definition) is 8. The number of ether oxygens (including phenoxy) is 2. The van der Waals surface area contributed by atoms with Crippen molar-refractivity contribution >= 4 is 19.8 Å². The molecular weight excluding hydrogens is 713 g/mol. The minimum Gasteiger partial charge on any atom is -0.462 e. The fourth-order valence-corrected chi connectivity index (χ4v) is 7.00. The van der Waals surface area contributed by atoms with Crippen LogP contribution >= 0.6 is 7.82 Å². The van der Waals surface area contributed by atoms with E-state index >= 15 is 0 Å². The van der Waals surface area contributed by atoms with Gasteiger partial charge >= 0.3 is 19.8 Å². The second-order valence-electron chi connectivity index (χ2n) is 14.9. The van der Waals surface area contributed by atoms with Crippen molar-refractivity contribution in [3.05, 3.63) is 36.5 Å². The van der Waals surface area contributed by atoms with Gasteiger partial charge in [0.1, 0.15) is 6.61 Å². The molecule has 0 rings (SSSR count). The van der Waals surface area contributed by atoms with Crippen LogP contribution in [0.2, 0.25) is 0 Å². The third kappa shape index (κ3) is 41.7. The Hall–Kier alpha value is -1.77. The highest BCUT2D eigenvalue weighted by Gasteiger charge is 2.26. The number of unbranched alkanes of at least 4 members (excludes halogenated alkanes) is 23. The third-order valence-electron chi connectivity index (χ3n) is 9.54. The predicted octanol–water partition coefficient (Wildman–Crippen LogP) is 12.9. The first-order valence-electron chi connectivity index (χ1n) is 22.5. The van der Waals surface area contributed by atoms with Crippen LogP contribution in [0.25, 0.3) is 0 Å². The normalized spacial score (nSPS) is 13.6. The zero-order valence-corrected chi connectivity index (χ0v) is 36.3. The van der Waals surface area contributed by atoms with Crippen LogP contribution < -0.4 is 5.73 Å². The van der Waals surface area contributed by atoms with E-state index in [-0.39, 0.29) is 38.6 Å². The highest BCUT2D eigenvalue weighted by atomic mass is 31.2. The Morgan fingerprint density at radius 2 is 1.00 bits per heavy atom. The molecular formula is C45H84NO8P. The highest BCUT2D eigenvalue weighted by Crippen LogP contribution is 2.43. The van der Waals surface area contributed by atoms with Gasteiger partial charge in [0.25, 0.3) is 0 Å². The van der Waals surface area contributed by atoms with E-state index in [4.69, 9.17) is 24.3 Å². The Kier molecular flexibility index (Phi) is 40.5. The molecule has 322 valence electrons. The standard InChI is InChI=1S/C45H84NO8P/c1-3-5-7-9-11-13-15-17-18-19-20-21-22-23-24-26-27-29-31-33-35-37-44(47)51-41-43(42-53-55(49,50)52-40-39-46)54-45(48)38-36-34-32-30-28-25-16-14-12-10-8-6-4-2/h6,8,12,14,25,28,43H,3-5,7,9-11,13,15-24,26-27,29-42,46H2,1-2H3,(H,49,50)/b8-6-,14-12-,28-25-. The molecule has 2 atom stereocenters. The van der Waals surface area contributed by atoms with Gasteiger partial charge in [0.05, 0.1) is 13.2 Å². The van der Waals surface area contributed by atoms with Crippen molar-refractivity contribution in [1.82, 2.24) is 0 Å². The fraction of sp³-hybridized carbons (Fsp3) is 0.822. The van der Waals surface area contributed by atoms with Crippen LogP contribution in [0.3, 0.4) is 0 Å². The molecule has 0 aromatic carbocycles. The van der Waals surface area contributed by atoms with Crippen LogP contribution in [0.1, 0.15) is 206 Å². The maximum Gasteiger partial charge on any atom is 0.472 e. The summed E-state index contributed by atoms with van der Waals surface area (Å²) in [4.78, 5) is 34.8. The monoisotopic (exact) mass is 798 g/mol. The number of rotatable bonds is 42. The number of phosphoric ester groups is 1. The molecule has 0 amide bonds. The molecule has 0 aromatic heterocycles. The lowest BCUT2D eigenvalue weighted by Crippen LogP contribution is -2.29. The first-order valence-corrected chi connectivity index (χ1v) is 24.0. The van der Waals surface area contributed by atoms with E-state index in [0.29, 0.717) is 6.42 Å². The highest BCUT2D eigenvalue weighted by molar-refractivity contribution is 7.47. The molecule has 2 unspecified atom stereocenters. The maximum absolute atomic E-state index is 12.5. The number of esters is 2. The van der Waals surface area contributed by atoms with Gasteiger partial charge in [-0.25, -0.2) is 4.57 Å². The molecule has 3 N–H and O–H groups in total. The SMILES string of the molecule is CC/C=C\C/C=C\C/C=C\CCCCCC(=O)OC(COC(=O)CCCCCCCCCCCCCCCCCCCCCCC)COP(=O)(O)OCCN. The first-order chi connectivity index (χ1) is 26.8. The Balaban J connectivity index is 4.07. The molecule has 0 heterocycles. The Morgan fingerprint density at radius 3 is 1.49 bits per heavy atom. The summed E-state index contributed by atoms with van der Waals surface area (Å²) >= 11 is 0. The van der Waals surface area contributed by atoms with Crippen LogP contribution in [0.5, 0.6) is 0 Å². The van der Waals surface area contributed by atoms with Crippen LogP contribution in [0.4, 0.5) is 0 Å².